The van der Waals surface area contributed by atoms with Crippen molar-refractivity contribution in [3.8, 4) is 0 Å². The molecule has 2 atom stereocenters. The molecule has 1 aliphatic carbocycles. The van der Waals surface area contributed by atoms with E-state index in [1.54, 1.807) is 0 Å². The summed E-state index contributed by atoms with van der Waals surface area (Å²) < 4.78 is 0. The van der Waals surface area contributed by atoms with Gasteiger partial charge in [-0.15, -0.1) is 0 Å². The van der Waals surface area contributed by atoms with E-state index in [4.69, 9.17) is 11.8 Å². The van der Waals surface area contributed by atoms with E-state index in [0.29, 0.717) is 12.1 Å². The molecule has 0 aromatic carbocycles. The summed E-state index contributed by atoms with van der Waals surface area (Å²) in [7, 11) is 0. The fourth-order valence-electron chi connectivity index (χ4n) is 1.55. The van der Waals surface area contributed by atoms with Crippen LogP contribution in [0.15, 0.2) is 0 Å². The quantitative estimate of drug-likeness (QED) is 0.426. The van der Waals surface area contributed by atoms with Crippen LogP contribution in [0.5, 0.6) is 0 Å². The van der Waals surface area contributed by atoms with Crippen molar-refractivity contribution >= 4 is 11.8 Å². The number of nitrogens with one attached hydrogen (secondary N) is 3. The van der Waals surface area contributed by atoms with Gasteiger partial charge in [-0.25, -0.2) is 4.84 Å². The van der Waals surface area contributed by atoms with Crippen LogP contribution in [-0.4, -0.2) is 31.7 Å². The van der Waals surface area contributed by atoms with Crippen molar-refractivity contribution < 1.29 is 0 Å². The van der Waals surface area contributed by atoms with Gasteiger partial charge in [0.25, 0.3) is 0 Å². The summed E-state index contributed by atoms with van der Waals surface area (Å²) >= 11 is 5.56. The molecule has 1 fully saturated rings. The Balaban J connectivity index is 1.88. The minimum absolute atomic E-state index is 0.487. The molecule has 0 aromatic heterocycles. The van der Waals surface area contributed by atoms with E-state index < -0.39 is 0 Å². The molecule has 3 nitrogen and oxygen atoms in total. The Labute approximate surface area is 85.7 Å². The van der Waals surface area contributed by atoms with Crippen molar-refractivity contribution in [1.29, 1.82) is 0 Å². The highest BCUT2D eigenvalue weighted by Gasteiger charge is 2.28. The summed E-state index contributed by atoms with van der Waals surface area (Å²) in [5.41, 5.74) is 0. The second kappa shape index (κ2) is 6.60. The third-order valence-electron chi connectivity index (χ3n) is 2.60. The zero-order valence-electron chi connectivity index (χ0n) is 8.28. The predicted molar refractivity (Wildman–Crippen MR) is 57.0 cm³/mol. The lowest BCUT2D eigenvalue weighted by atomic mass is 9.87. The van der Waals surface area contributed by atoms with E-state index in [9.17, 15) is 0 Å². The molecule has 0 spiro atoms. The Bertz CT molecular complexity index is 130. The Morgan fingerprint density at radius 2 is 2.00 bits per heavy atom. The van der Waals surface area contributed by atoms with Crippen molar-refractivity contribution in [3.63, 3.8) is 0 Å². The summed E-state index contributed by atoms with van der Waals surface area (Å²) in [5.74, 6) is 0. The minimum atomic E-state index is 0.487. The average Bonchev–Trinajstić information content (AvgIpc) is 2.10. The maximum Gasteiger partial charge on any atom is 0.0374 e. The van der Waals surface area contributed by atoms with E-state index in [-0.39, 0.29) is 0 Å². The second-order valence-electron chi connectivity index (χ2n) is 3.56. The van der Waals surface area contributed by atoms with Crippen LogP contribution in [0.1, 0.15) is 26.2 Å². The van der Waals surface area contributed by atoms with Crippen molar-refractivity contribution in [3.05, 3.63) is 0 Å². The standard InChI is InChI=1S/C9H20ClN3/c1-2-11-6-3-7-12-8-4-5-9(8)13-10/h8-9,11-13H,2-7H2,1H3. The maximum absolute atomic E-state index is 5.56. The molecule has 78 valence electrons. The van der Waals surface area contributed by atoms with E-state index in [2.05, 4.69) is 22.4 Å². The van der Waals surface area contributed by atoms with Crippen molar-refractivity contribution in [1.82, 2.24) is 15.5 Å². The van der Waals surface area contributed by atoms with E-state index in [1.807, 2.05) is 0 Å². The zero-order chi connectivity index (χ0) is 9.52. The maximum atomic E-state index is 5.56. The smallest absolute Gasteiger partial charge is 0.0374 e. The predicted octanol–water partition coefficient (Wildman–Crippen LogP) is 0.850. The van der Waals surface area contributed by atoms with Crippen LogP contribution >= 0.6 is 11.8 Å². The molecule has 0 radical (unpaired) electrons. The fraction of sp³-hybridized carbons (Fsp3) is 1.00. The molecule has 0 heterocycles. The molecule has 4 heteroatoms. The van der Waals surface area contributed by atoms with Gasteiger partial charge in [0.05, 0.1) is 0 Å². The molecule has 0 bridgehead atoms. The fourth-order valence-corrected chi connectivity index (χ4v) is 1.81. The van der Waals surface area contributed by atoms with Gasteiger partial charge in [0.2, 0.25) is 0 Å². The summed E-state index contributed by atoms with van der Waals surface area (Å²) in [6.07, 6.45) is 3.65. The molecule has 1 saturated carbocycles. The van der Waals surface area contributed by atoms with E-state index in [0.717, 1.165) is 19.6 Å². The monoisotopic (exact) mass is 205 g/mol. The summed E-state index contributed by atoms with van der Waals surface area (Å²) in [5, 5.41) is 6.79. The van der Waals surface area contributed by atoms with Gasteiger partial charge >= 0.3 is 0 Å². The first kappa shape index (κ1) is 11.2. The van der Waals surface area contributed by atoms with Gasteiger partial charge in [0.1, 0.15) is 0 Å². The van der Waals surface area contributed by atoms with Gasteiger partial charge in [-0.2, -0.15) is 0 Å². The SMILES string of the molecule is CCNCCCNC1CCC1NCl. The van der Waals surface area contributed by atoms with Gasteiger partial charge in [-0.05, 0) is 50.7 Å². The lowest BCUT2D eigenvalue weighted by Gasteiger charge is -2.36. The molecule has 3 N–H and O–H groups in total. The first-order chi connectivity index (χ1) is 6.38. The zero-order valence-corrected chi connectivity index (χ0v) is 9.03. The topological polar surface area (TPSA) is 36.1 Å². The molecule has 0 saturated heterocycles. The lowest BCUT2D eigenvalue weighted by molar-refractivity contribution is 0.268. The van der Waals surface area contributed by atoms with Crippen molar-refractivity contribution in [2.45, 2.75) is 38.3 Å². The third-order valence-corrected chi connectivity index (χ3v) is 2.88. The normalized spacial score (nSPS) is 27.2. The largest absolute Gasteiger partial charge is 0.317 e. The van der Waals surface area contributed by atoms with Crippen LogP contribution in [0.3, 0.4) is 0 Å². The lowest BCUT2D eigenvalue weighted by Crippen LogP contribution is -2.53. The van der Waals surface area contributed by atoms with Gasteiger partial charge in [0, 0.05) is 12.1 Å². The number of hydrogen-bond donors (Lipinski definition) is 3. The second-order valence-corrected chi connectivity index (χ2v) is 3.78. The highest BCUT2D eigenvalue weighted by atomic mass is 35.5. The van der Waals surface area contributed by atoms with Crippen LogP contribution in [-0.2, 0) is 0 Å². The first-order valence-electron chi connectivity index (χ1n) is 5.18. The first-order valence-corrected chi connectivity index (χ1v) is 5.56. The third kappa shape index (κ3) is 3.81. The number of halogens is 1. The van der Waals surface area contributed by atoms with Gasteiger partial charge < -0.3 is 10.6 Å². The van der Waals surface area contributed by atoms with Gasteiger partial charge in [-0.1, -0.05) is 6.92 Å². The van der Waals surface area contributed by atoms with Crippen LogP contribution in [0.25, 0.3) is 0 Å². The molecule has 2 unspecified atom stereocenters. The Kier molecular flexibility index (Phi) is 5.71. The van der Waals surface area contributed by atoms with Crippen LogP contribution in [0.4, 0.5) is 0 Å². The summed E-state index contributed by atoms with van der Waals surface area (Å²) in [6, 6.07) is 1.08. The van der Waals surface area contributed by atoms with E-state index in [1.165, 1.54) is 19.3 Å². The average molecular weight is 206 g/mol. The van der Waals surface area contributed by atoms with Gasteiger partial charge in [-0.3, -0.25) is 0 Å². The number of hydrogen-bond acceptors (Lipinski definition) is 3. The van der Waals surface area contributed by atoms with E-state index >= 15 is 0 Å². The summed E-state index contributed by atoms with van der Waals surface area (Å²) in [4.78, 5) is 2.80. The molecule has 0 aliphatic heterocycles. The molecule has 13 heavy (non-hydrogen) atoms. The Hall–Kier alpha value is 0.170. The Morgan fingerprint density at radius 3 is 2.54 bits per heavy atom. The molecule has 0 amide bonds. The highest BCUT2D eigenvalue weighted by molar-refractivity contribution is 6.13. The molecular formula is C9H20ClN3. The molecule has 1 aliphatic rings. The molecular weight excluding hydrogens is 186 g/mol. The molecule has 1 rings (SSSR count). The Morgan fingerprint density at radius 1 is 1.23 bits per heavy atom. The van der Waals surface area contributed by atoms with Crippen molar-refractivity contribution in [2.75, 3.05) is 19.6 Å². The van der Waals surface area contributed by atoms with Crippen molar-refractivity contribution in [2.24, 2.45) is 0 Å². The minimum Gasteiger partial charge on any atom is -0.317 e. The van der Waals surface area contributed by atoms with Crippen LogP contribution in [0, 0.1) is 0 Å². The summed E-state index contributed by atoms with van der Waals surface area (Å²) in [6.45, 7) is 5.39. The number of rotatable bonds is 7. The molecule has 0 aromatic rings. The van der Waals surface area contributed by atoms with Crippen LogP contribution in [0.2, 0.25) is 0 Å². The highest BCUT2D eigenvalue weighted by Crippen LogP contribution is 2.19. The van der Waals surface area contributed by atoms with Gasteiger partial charge in [0.15, 0.2) is 0 Å². The van der Waals surface area contributed by atoms with Crippen LogP contribution < -0.4 is 15.5 Å².